The van der Waals surface area contributed by atoms with Crippen molar-refractivity contribution in [3.8, 4) is 0 Å². The van der Waals surface area contributed by atoms with Crippen LogP contribution in [0.4, 0.5) is 0 Å². The van der Waals surface area contributed by atoms with Crippen molar-refractivity contribution in [2.75, 3.05) is 0 Å². The molecule has 146 valence electrons. The van der Waals surface area contributed by atoms with Crippen LogP contribution in [0, 0.1) is 28.6 Å². The van der Waals surface area contributed by atoms with E-state index in [1.165, 1.54) is 64.2 Å². The van der Waals surface area contributed by atoms with Gasteiger partial charge in [-0.15, -0.1) is 0 Å². The molecule has 0 spiro atoms. The van der Waals surface area contributed by atoms with Crippen LogP contribution in [0.3, 0.4) is 0 Å². The molecule has 0 radical (unpaired) electrons. The Morgan fingerprint density at radius 3 is 1.75 bits per heavy atom. The summed E-state index contributed by atoms with van der Waals surface area (Å²) in [5.41, 5.74) is 0.942. The molecular weight excluding hydrogens is 288 g/mol. The van der Waals surface area contributed by atoms with Gasteiger partial charge < -0.3 is 0 Å². The summed E-state index contributed by atoms with van der Waals surface area (Å²) in [4.78, 5) is 0. The third-order valence-corrected chi connectivity index (χ3v) is 7.13. The van der Waals surface area contributed by atoms with E-state index in [-0.39, 0.29) is 0 Å². The first kappa shape index (κ1) is 24.0. The molecule has 0 N–H and O–H groups in total. The zero-order valence-corrected chi connectivity index (χ0v) is 18.8. The summed E-state index contributed by atoms with van der Waals surface area (Å²) < 4.78 is 0. The first-order valence-electron chi connectivity index (χ1n) is 11.1. The second kappa shape index (κ2) is 11.6. The normalized spacial score (nSPS) is 17.8. The molecule has 0 fully saturated rings. The van der Waals surface area contributed by atoms with E-state index in [0.717, 1.165) is 17.8 Å². The summed E-state index contributed by atoms with van der Waals surface area (Å²) in [5.74, 6) is 2.63. The van der Waals surface area contributed by atoms with Gasteiger partial charge in [0, 0.05) is 0 Å². The molecule has 0 saturated heterocycles. The molecule has 0 aliphatic carbocycles. The Labute approximate surface area is 155 Å². The predicted octanol–water partition coefficient (Wildman–Crippen LogP) is 8.89. The molecule has 0 saturated carbocycles. The van der Waals surface area contributed by atoms with Gasteiger partial charge in [0.1, 0.15) is 0 Å². The van der Waals surface area contributed by atoms with Crippen molar-refractivity contribution >= 4 is 0 Å². The van der Waals surface area contributed by atoms with E-state index in [1.807, 2.05) is 0 Å². The minimum Gasteiger partial charge on any atom is -0.0654 e. The topological polar surface area (TPSA) is 0 Å². The van der Waals surface area contributed by atoms with Crippen molar-refractivity contribution in [3.63, 3.8) is 0 Å². The van der Waals surface area contributed by atoms with Crippen molar-refractivity contribution in [2.24, 2.45) is 28.6 Å². The SMILES string of the molecule is CCCC(C)(C)C(C)(CCC)C(CCCC(C)C)CCC(C)CC. The summed E-state index contributed by atoms with van der Waals surface area (Å²) in [5, 5.41) is 0. The van der Waals surface area contributed by atoms with Gasteiger partial charge in [-0.25, -0.2) is 0 Å². The highest BCUT2D eigenvalue weighted by Gasteiger charge is 2.44. The van der Waals surface area contributed by atoms with Crippen LogP contribution in [-0.4, -0.2) is 0 Å². The van der Waals surface area contributed by atoms with E-state index < -0.39 is 0 Å². The molecule has 0 aliphatic heterocycles. The molecule has 0 aromatic rings. The van der Waals surface area contributed by atoms with Crippen molar-refractivity contribution in [3.05, 3.63) is 0 Å². The Balaban J connectivity index is 5.29. The fourth-order valence-corrected chi connectivity index (χ4v) is 4.77. The highest BCUT2D eigenvalue weighted by atomic mass is 14.5. The van der Waals surface area contributed by atoms with Gasteiger partial charge in [0.05, 0.1) is 0 Å². The lowest BCUT2D eigenvalue weighted by Gasteiger charge is -2.51. The quantitative estimate of drug-likeness (QED) is 0.296. The van der Waals surface area contributed by atoms with Gasteiger partial charge >= 0.3 is 0 Å². The third-order valence-electron chi connectivity index (χ3n) is 7.13. The maximum Gasteiger partial charge on any atom is -0.0246 e. The van der Waals surface area contributed by atoms with E-state index in [9.17, 15) is 0 Å². The molecule has 0 aromatic carbocycles. The van der Waals surface area contributed by atoms with Gasteiger partial charge in [0.15, 0.2) is 0 Å². The Hall–Kier alpha value is 0. The summed E-state index contributed by atoms with van der Waals surface area (Å²) >= 11 is 0. The third kappa shape index (κ3) is 7.49. The van der Waals surface area contributed by atoms with Crippen LogP contribution < -0.4 is 0 Å². The van der Waals surface area contributed by atoms with E-state index in [4.69, 9.17) is 0 Å². The minimum absolute atomic E-state index is 0.454. The van der Waals surface area contributed by atoms with Gasteiger partial charge in [0.2, 0.25) is 0 Å². The second-order valence-corrected chi connectivity index (χ2v) is 9.91. The van der Waals surface area contributed by atoms with Crippen LogP contribution in [0.1, 0.15) is 127 Å². The largest absolute Gasteiger partial charge is 0.0654 e. The van der Waals surface area contributed by atoms with Crippen LogP contribution in [0.25, 0.3) is 0 Å². The molecule has 0 heterocycles. The molecule has 0 bridgehead atoms. The highest BCUT2D eigenvalue weighted by Crippen LogP contribution is 2.54. The fraction of sp³-hybridized carbons (Fsp3) is 1.00. The monoisotopic (exact) mass is 338 g/mol. The molecule has 3 atom stereocenters. The van der Waals surface area contributed by atoms with E-state index in [2.05, 4.69) is 62.3 Å². The summed E-state index contributed by atoms with van der Waals surface area (Å²) in [6, 6.07) is 0. The lowest BCUT2D eigenvalue weighted by molar-refractivity contribution is -0.00955. The Kier molecular flexibility index (Phi) is 11.6. The van der Waals surface area contributed by atoms with Crippen molar-refractivity contribution < 1.29 is 0 Å². The van der Waals surface area contributed by atoms with Crippen LogP contribution in [0.2, 0.25) is 0 Å². The molecule has 0 nitrogen and oxygen atoms in total. The van der Waals surface area contributed by atoms with Crippen LogP contribution in [-0.2, 0) is 0 Å². The van der Waals surface area contributed by atoms with Gasteiger partial charge in [-0.2, -0.15) is 0 Å². The zero-order chi connectivity index (χ0) is 18.8. The first-order chi connectivity index (χ1) is 11.1. The van der Waals surface area contributed by atoms with Crippen molar-refractivity contribution in [1.29, 1.82) is 0 Å². The average molecular weight is 339 g/mol. The molecular formula is C24H50. The van der Waals surface area contributed by atoms with E-state index in [0.29, 0.717) is 10.8 Å². The Morgan fingerprint density at radius 2 is 1.29 bits per heavy atom. The maximum atomic E-state index is 2.64. The van der Waals surface area contributed by atoms with Gasteiger partial charge in [-0.3, -0.25) is 0 Å². The second-order valence-electron chi connectivity index (χ2n) is 9.91. The minimum atomic E-state index is 0.454. The molecule has 0 heteroatoms. The standard InChI is InChI=1S/C24H50/c1-10-18-23(7,8)24(9,19-11-2)22(15-13-14-20(4)5)17-16-21(6)12-3/h20-22H,10-19H2,1-9H3. The molecule has 24 heavy (non-hydrogen) atoms. The lowest BCUT2D eigenvalue weighted by atomic mass is 9.54. The predicted molar refractivity (Wildman–Crippen MR) is 113 cm³/mol. The number of hydrogen-bond acceptors (Lipinski definition) is 0. The number of hydrogen-bond donors (Lipinski definition) is 0. The molecule has 3 unspecified atom stereocenters. The highest BCUT2D eigenvalue weighted by molar-refractivity contribution is 4.94. The van der Waals surface area contributed by atoms with Gasteiger partial charge in [-0.1, -0.05) is 101 Å². The molecule has 0 aliphatic rings. The van der Waals surface area contributed by atoms with E-state index in [1.54, 1.807) is 0 Å². The van der Waals surface area contributed by atoms with Crippen LogP contribution in [0.15, 0.2) is 0 Å². The first-order valence-corrected chi connectivity index (χ1v) is 11.1. The molecule has 0 aromatic heterocycles. The van der Waals surface area contributed by atoms with Crippen molar-refractivity contribution in [2.45, 2.75) is 127 Å². The summed E-state index contributed by atoms with van der Waals surface area (Å²) in [7, 11) is 0. The number of rotatable bonds is 14. The van der Waals surface area contributed by atoms with Gasteiger partial charge in [0.25, 0.3) is 0 Å². The van der Waals surface area contributed by atoms with Crippen LogP contribution >= 0.6 is 0 Å². The molecule has 0 amide bonds. The smallest absolute Gasteiger partial charge is 0.0246 e. The van der Waals surface area contributed by atoms with Gasteiger partial charge in [-0.05, 0) is 54.3 Å². The summed E-state index contributed by atoms with van der Waals surface area (Å²) in [6.45, 7) is 22.1. The Bertz CT molecular complexity index is 301. The van der Waals surface area contributed by atoms with E-state index >= 15 is 0 Å². The molecule has 0 rings (SSSR count). The zero-order valence-electron chi connectivity index (χ0n) is 18.8. The fourth-order valence-electron chi connectivity index (χ4n) is 4.77. The van der Waals surface area contributed by atoms with Crippen molar-refractivity contribution in [1.82, 2.24) is 0 Å². The lowest BCUT2D eigenvalue weighted by Crippen LogP contribution is -2.42. The maximum absolute atomic E-state index is 2.64. The Morgan fingerprint density at radius 1 is 0.708 bits per heavy atom. The summed E-state index contributed by atoms with van der Waals surface area (Å²) in [6.07, 6.45) is 13.9. The van der Waals surface area contributed by atoms with Crippen LogP contribution in [0.5, 0.6) is 0 Å². The average Bonchev–Trinajstić information content (AvgIpc) is 2.49.